The topological polar surface area (TPSA) is 80.2 Å². The minimum absolute atomic E-state index is 0.163. The highest BCUT2D eigenvalue weighted by molar-refractivity contribution is 8.16. The number of nitrogens with one attached hydrogen (secondary N) is 1. The quantitative estimate of drug-likeness (QED) is 0.550. The Morgan fingerprint density at radius 3 is 2.67 bits per heavy atom. The number of amidine groups is 1. The second-order valence-electron chi connectivity index (χ2n) is 7.21. The van der Waals surface area contributed by atoms with Crippen LogP contribution in [0.25, 0.3) is 0 Å². The Morgan fingerprint density at radius 1 is 1.18 bits per heavy atom. The average Bonchev–Trinajstić information content (AvgIpc) is 3.27. The monoisotopic (exact) mass is 483 g/mol. The van der Waals surface area contributed by atoms with Crippen molar-refractivity contribution < 1.29 is 19.1 Å². The van der Waals surface area contributed by atoms with Crippen molar-refractivity contribution in [3.63, 3.8) is 0 Å². The number of esters is 1. The van der Waals surface area contributed by atoms with E-state index in [-0.39, 0.29) is 31.1 Å². The highest BCUT2D eigenvalue weighted by atomic mass is 35.5. The van der Waals surface area contributed by atoms with Crippen molar-refractivity contribution in [2.45, 2.75) is 19.9 Å². The fraction of sp³-hybridized carbons (Fsp3) is 0.208. The van der Waals surface area contributed by atoms with E-state index in [0.717, 1.165) is 10.7 Å². The number of ether oxygens (including phenoxy) is 2. The lowest BCUT2D eigenvalue weighted by molar-refractivity contribution is -0.139. The molecule has 2 aromatic rings. The molecule has 0 aromatic heterocycles. The SMILES string of the molecule is CCOC(=O)C1=C(C)N=C2SC=CN2C1c1ccc(OCC(=O)Nc2ccccc2Cl)cc1. The van der Waals surface area contributed by atoms with Gasteiger partial charge in [-0.05, 0) is 49.1 Å². The van der Waals surface area contributed by atoms with Gasteiger partial charge in [0.25, 0.3) is 5.91 Å². The van der Waals surface area contributed by atoms with Gasteiger partial charge in [-0.1, -0.05) is 47.6 Å². The second kappa shape index (κ2) is 10.1. The van der Waals surface area contributed by atoms with E-state index in [2.05, 4.69) is 10.3 Å². The van der Waals surface area contributed by atoms with Crippen LogP contribution in [-0.2, 0) is 14.3 Å². The van der Waals surface area contributed by atoms with Gasteiger partial charge >= 0.3 is 5.97 Å². The summed E-state index contributed by atoms with van der Waals surface area (Å²) in [7, 11) is 0. The average molecular weight is 484 g/mol. The Kier molecular flexibility index (Phi) is 7.05. The number of rotatable bonds is 7. The van der Waals surface area contributed by atoms with Crippen LogP contribution in [0, 0.1) is 0 Å². The van der Waals surface area contributed by atoms with Crippen LogP contribution in [0.1, 0.15) is 25.5 Å². The molecule has 0 fully saturated rings. The zero-order valence-electron chi connectivity index (χ0n) is 18.1. The van der Waals surface area contributed by atoms with E-state index in [1.165, 1.54) is 11.8 Å². The smallest absolute Gasteiger partial charge is 0.338 e. The minimum atomic E-state index is -0.385. The van der Waals surface area contributed by atoms with Crippen LogP contribution < -0.4 is 10.1 Å². The van der Waals surface area contributed by atoms with Gasteiger partial charge in [-0.2, -0.15) is 0 Å². The maximum absolute atomic E-state index is 12.7. The third-order valence-corrected chi connectivity index (χ3v) is 6.13. The summed E-state index contributed by atoms with van der Waals surface area (Å²) in [6.07, 6.45) is 1.91. The van der Waals surface area contributed by atoms with Crippen LogP contribution >= 0.6 is 23.4 Å². The molecule has 33 heavy (non-hydrogen) atoms. The molecule has 1 atom stereocenters. The van der Waals surface area contributed by atoms with Gasteiger partial charge in [0, 0.05) is 6.20 Å². The predicted octanol–water partition coefficient (Wildman–Crippen LogP) is 5.13. The molecule has 0 spiro atoms. The molecule has 4 rings (SSSR count). The fourth-order valence-corrected chi connectivity index (χ4v) is 4.52. The number of allylic oxidation sites excluding steroid dienone is 1. The van der Waals surface area contributed by atoms with Crippen molar-refractivity contribution in [1.82, 2.24) is 4.90 Å². The van der Waals surface area contributed by atoms with E-state index in [9.17, 15) is 9.59 Å². The number of fused-ring (bicyclic) bond motifs is 1. The van der Waals surface area contributed by atoms with E-state index in [1.54, 1.807) is 43.3 Å². The summed E-state index contributed by atoms with van der Waals surface area (Å²) < 4.78 is 10.9. The molecule has 0 aliphatic carbocycles. The Morgan fingerprint density at radius 2 is 1.94 bits per heavy atom. The predicted molar refractivity (Wildman–Crippen MR) is 130 cm³/mol. The summed E-state index contributed by atoms with van der Waals surface area (Å²) in [4.78, 5) is 31.4. The first kappa shape index (κ1) is 22.9. The molecule has 0 saturated carbocycles. The zero-order valence-corrected chi connectivity index (χ0v) is 19.7. The largest absolute Gasteiger partial charge is 0.484 e. The van der Waals surface area contributed by atoms with Crippen molar-refractivity contribution in [3.8, 4) is 5.75 Å². The molecular weight excluding hydrogens is 462 g/mol. The Balaban J connectivity index is 1.48. The van der Waals surface area contributed by atoms with Crippen LogP contribution in [0.2, 0.25) is 5.02 Å². The number of amides is 1. The van der Waals surface area contributed by atoms with Gasteiger partial charge in [-0.15, -0.1) is 0 Å². The number of thioether (sulfide) groups is 1. The summed E-state index contributed by atoms with van der Waals surface area (Å²) in [5.41, 5.74) is 2.55. The number of halogens is 1. The number of nitrogens with zero attached hydrogens (tertiary/aromatic N) is 2. The molecule has 0 saturated heterocycles. The zero-order chi connectivity index (χ0) is 23.4. The van der Waals surface area contributed by atoms with Gasteiger partial charge in [-0.25, -0.2) is 9.79 Å². The molecule has 1 amide bonds. The van der Waals surface area contributed by atoms with Crippen molar-refractivity contribution >= 4 is 46.1 Å². The fourth-order valence-electron chi connectivity index (χ4n) is 3.54. The molecule has 1 N–H and O–H groups in total. The number of benzene rings is 2. The first-order valence-corrected chi connectivity index (χ1v) is 11.6. The lowest BCUT2D eigenvalue weighted by atomic mass is 9.95. The van der Waals surface area contributed by atoms with Gasteiger partial charge in [0.05, 0.1) is 34.6 Å². The van der Waals surface area contributed by atoms with E-state index in [0.29, 0.717) is 27.7 Å². The number of hydrogen-bond donors (Lipinski definition) is 1. The summed E-state index contributed by atoms with van der Waals surface area (Å²) in [5.74, 6) is -0.171. The maximum Gasteiger partial charge on any atom is 0.338 e. The summed E-state index contributed by atoms with van der Waals surface area (Å²) in [6, 6.07) is 13.9. The van der Waals surface area contributed by atoms with Gasteiger partial charge in [0.1, 0.15) is 5.75 Å². The van der Waals surface area contributed by atoms with Gasteiger partial charge in [0.2, 0.25) is 0 Å². The molecule has 1 unspecified atom stereocenters. The molecule has 170 valence electrons. The van der Waals surface area contributed by atoms with E-state index < -0.39 is 0 Å². The Labute approximate surface area is 201 Å². The highest BCUT2D eigenvalue weighted by Gasteiger charge is 2.37. The third-order valence-electron chi connectivity index (χ3n) is 5.03. The number of carbonyl (C=O) groups is 2. The second-order valence-corrected chi connectivity index (χ2v) is 8.49. The Bertz CT molecular complexity index is 1160. The molecule has 2 aliphatic rings. The number of anilines is 1. The van der Waals surface area contributed by atoms with Crippen LogP contribution in [0.3, 0.4) is 0 Å². The summed E-state index contributed by atoms with van der Waals surface area (Å²) in [6.45, 7) is 3.72. The van der Waals surface area contributed by atoms with E-state index in [4.69, 9.17) is 21.1 Å². The van der Waals surface area contributed by atoms with Crippen LogP contribution in [0.5, 0.6) is 5.75 Å². The lowest BCUT2D eigenvalue weighted by Gasteiger charge is -2.33. The molecule has 2 aliphatic heterocycles. The molecule has 9 heteroatoms. The van der Waals surface area contributed by atoms with E-state index in [1.807, 2.05) is 35.6 Å². The number of aliphatic imine (C=N–C) groups is 1. The molecule has 0 radical (unpaired) electrons. The summed E-state index contributed by atoms with van der Waals surface area (Å²) in [5, 5.41) is 5.92. The van der Waals surface area contributed by atoms with Gasteiger partial charge in [-0.3, -0.25) is 4.79 Å². The first-order valence-electron chi connectivity index (χ1n) is 10.3. The minimum Gasteiger partial charge on any atom is -0.484 e. The van der Waals surface area contributed by atoms with Crippen LogP contribution in [-0.4, -0.2) is 35.2 Å². The molecule has 2 aromatic carbocycles. The maximum atomic E-state index is 12.7. The molecule has 0 bridgehead atoms. The third kappa shape index (κ3) is 5.07. The van der Waals surface area contributed by atoms with Gasteiger partial charge < -0.3 is 19.7 Å². The lowest BCUT2D eigenvalue weighted by Crippen LogP contribution is -2.34. The number of para-hydroxylation sites is 1. The van der Waals surface area contributed by atoms with E-state index >= 15 is 0 Å². The number of carbonyl (C=O) groups excluding carboxylic acids is 2. The van der Waals surface area contributed by atoms with Crippen molar-refractivity contribution in [2.75, 3.05) is 18.5 Å². The standard InChI is InChI=1S/C24H22ClN3O4S/c1-3-31-23(30)21-15(2)26-24-28(12-13-33-24)22(21)16-8-10-17(11-9-16)32-14-20(29)27-19-7-5-4-6-18(19)25/h4-13,22H,3,14H2,1-2H3,(H,27,29). The molecule has 2 heterocycles. The normalized spacial score (nSPS) is 16.9. The van der Waals surface area contributed by atoms with Crippen molar-refractivity contribution in [2.24, 2.45) is 4.99 Å². The summed E-state index contributed by atoms with van der Waals surface area (Å²) >= 11 is 7.57. The molecule has 7 nitrogen and oxygen atoms in total. The van der Waals surface area contributed by atoms with Crippen molar-refractivity contribution in [1.29, 1.82) is 0 Å². The van der Waals surface area contributed by atoms with Crippen LogP contribution in [0.4, 0.5) is 5.69 Å². The van der Waals surface area contributed by atoms with Crippen LogP contribution in [0.15, 0.2) is 76.4 Å². The highest BCUT2D eigenvalue weighted by Crippen LogP contribution is 2.41. The Hall–Kier alpha value is -3.23. The number of hydrogen-bond acceptors (Lipinski definition) is 7. The molecular formula is C24H22ClN3O4S. The first-order chi connectivity index (χ1) is 16.0. The van der Waals surface area contributed by atoms with Crippen molar-refractivity contribution in [3.05, 3.63) is 82.0 Å². The van der Waals surface area contributed by atoms with Gasteiger partial charge in [0.15, 0.2) is 11.8 Å².